The number of aliphatic hydroxyl groups excluding tert-OH is 2. The fourth-order valence-corrected chi connectivity index (χ4v) is 10.9. The molecule has 0 bridgehead atoms. The van der Waals surface area contributed by atoms with E-state index in [1.807, 2.05) is 71.6 Å². The van der Waals surface area contributed by atoms with Crippen LogP contribution in [0.5, 0.6) is 5.75 Å². The van der Waals surface area contributed by atoms with E-state index in [0.717, 1.165) is 36.2 Å². The van der Waals surface area contributed by atoms with Crippen molar-refractivity contribution in [1.29, 1.82) is 0 Å². The molecule has 3 aliphatic heterocycles. The number of nitrogens with one attached hydrogen (secondary N) is 2. The molecule has 72 heavy (non-hydrogen) atoms. The van der Waals surface area contributed by atoms with Crippen LogP contribution in [-0.4, -0.2) is 83.8 Å². The van der Waals surface area contributed by atoms with Crippen molar-refractivity contribution in [3.63, 3.8) is 0 Å². The summed E-state index contributed by atoms with van der Waals surface area (Å²) in [6, 6.07) is 33.8. The molecule has 2 fully saturated rings. The maximum absolute atomic E-state index is 16.7. The van der Waals surface area contributed by atoms with Crippen LogP contribution >= 0.6 is 0 Å². The quantitative estimate of drug-likeness (QED) is 0.0685. The molecule has 1 spiro atoms. The molecular formula is C58H58N4O10. The first-order chi connectivity index (χ1) is 35.0. The van der Waals surface area contributed by atoms with Crippen molar-refractivity contribution in [2.24, 2.45) is 11.8 Å². The van der Waals surface area contributed by atoms with Crippen molar-refractivity contribution in [3.8, 4) is 17.6 Å². The average molecular weight is 971 g/mol. The number of morpholine rings is 1. The minimum absolute atomic E-state index is 0.0122. The van der Waals surface area contributed by atoms with E-state index in [2.05, 4.69) is 28.6 Å². The van der Waals surface area contributed by atoms with Gasteiger partial charge in [0.15, 0.2) is 0 Å². The molecule has 9 rings (SSSR count). The fourth-order valence-electron chi connectivity index (χ4n) is 10.9. The van der Waals surface area contributed by atoms with E-state index in [4.69, 9.17) is 14.2 Å². The van der Waals surface area contributed by atoms with Crippen LogP contribution in [0.2, 0.25) is 0 Å². The number of hydrogen-bond acceptors (Lipinski definition) is 11. The minimum atomic E-state index is -2.13. The number of hydrogen-bond donors (Lipinski definition) is 4. The zero-order valence-electron chi connectivity index (χ0n) is 40.4. The Morgan fingerprint density at radius 1 is 0.833 bits per heavy atom. The zero-order chi connectivity index (χ0) is 50.5. The number of carbonyl (C=O) groups is 5. The van der Waals surface area contributed by atoms with Gasteiger partial charge in [-0.15, -0.1) is 0 Å². The predicted octanol–water partition coefficient (Wildman–Crippen LogP) is 7.33. The number of esters is 2. The number of aliphatic hydroxyl groups is 2. The van der Waals surface area contributed by atoms with Crippen LogP contribution < -0.4 is 20.3 Å². The first-order valence-corrected chi connectivity index (χ1v) is 24.5. The molecule has 0 aromatic heterocycles. The van der Waals surface area contributed by atoms with Gasteiger partial charge in [-0.2, -0.15) is 0 Å². The van der Waals surface area contributed by atoms with E-state index in [-0.39, 0.29) is 31.0 Å². The summed E-state index contributed by atoms with van der Waals surface area (Å²) in [5.41, 5.74) is 2.08. The smallest absolute Gasteiger partial charge is 0.329 e. The van der Waals surface area contributed by atoms with E-state index in [1.165, 1.54) is 7.11 Å². The molecule has 5 aromatic carbocycles. The van der Waals surface area contributed by atoms with Gasteiger partial charge in [-0.1, -0.05) is 135 Å². The highest BCUT2D eigenvalue weighted by atomic mass is 16.6. The van der Waals surface area contributed by atoms with Crippen molar-refractivity contribution in [2.45, 2.75) is 81.3 Å². The molecule has 4 N–H and O–H groups in total. The number of cyclic esters (lactones) is 1. The number of nitrogens with zero attached hydrogens (tertiary/aromatic N) is 2. The van der Waals surface area contributed by atoms with Crippen LogP contribution in [0.3, 0.4) is 0 Å². The normalized spacial score (nSPS) is 23.2. The van der Waals surface area contributed by atoms with Crippen LogP contribution in [0.25, 0.3) is 0 Å². The van der Waals surface area contributed by atoms with Crippen molar-refractivity contribution in [1.82, 2.24) is 15.5 Å². The SMILES string of the molecule is COC(=O)[C@@H](NC(=O)N1C(=O)[C@@]2(c3cc(C#CC4=CCCCC4)ccc31)[C@H](C(=O)NC[C@H](O)c1ccccc1)[C@H]1C(=O)O[C@H](c3ccccc3)[C@H](c3ccccc3)N1[C@@H]2c1ccc(OCCO)cc1)C(C)C. The number of fused-ring (bicyclic) bond motifs is 3. The Bertz CT molecular complexity index is 2900. The summed E-state index contributed by atoms with van der Waals surface area (Å²) in [6.45, 7) is 2.95. The number of carbonyl (C=O) groups excluding carboxylic acids is 5. The molecule has 5 aromatic rings. The largest absolute Gasteiger partial charge is 0.491 e. The molecule has 8 atom stereocenters. The molecule has 0 saturated carbocycles. The summed E-state index contributed by atoms with van der Waals surface area (Å²) in [7, 11) is 1.21. The van der Waals surface area contributed by atoms with Gasteiger partial charge >= 0.3 is 18.0 Å². The summed E-state index contributed by atoms with van der Waals surface area (Å²) in [4.78, 5) is 79.3. The topological polar surface area (TPSA) is 184 Å². The van der Waals surface area contributed by atoms with Crippen LogP contribution in [-0.2, 0) is 34.1 Å². The van der Waals surface area contributed by atoms with Gasteiger partial charge < -0.3 is 35.1 Å². The molecule has 14 heteroatoms. The highest BCUT2D eigenvalue weighted by Gasteiger charge is 2.75. The molecule has 2 saturated heterocycles. The molecule has 0 radical (unpaired) electrons. The van der Waals surface area contributed by atoms with E-state index in [9.17, 15) is 15.0 Å². The Labute approximate surface area is 419 Å². The molecular weight excluding hydrogens is 913 g/mol. The molecule has 14 nitrogen and oxygen atoms in total. The van der Waals surface area contributed by atoms with E-state index in [0.29, 0.717) is 33.6 Å². The second-order valence-electron chi connectivity index (χ2n) is 18.9. The third-order valence-electron chi connectivity index (χ3n) is 14.2. The standard InChI is InChI=1S/C58H58N4O10/c1-36(2)48(54(66)70-3)60-57(69)61-45-31-26-38(25-24-37-16-8-4-9-17-37)34-44(45)58(56(61)68)47(53(65)59-35-46(64)39-18-10-5-11-19-39)50-55(67)72-51(41-22-14-7-15-23-41)49(40-20-12-6-13-21-40)62(50)52(58)42-27-29-43(30-28-42)71-33-32-63/h5-7,10-16,18-23,26-31,34,36,46-52,63-64H,4,8-9,17,32-33,35H2,1-3H3,(H,59,65)(H,60,69)/t46-,47-,48-,49-,50-,51+,52+,58-/m0/s1. The first-order valence-electron chi connectivity index (χ1n) is 24.5. The van der Waals surface area contributed by atoms with Crippen LogP contribution in [0.1, 0.15) is 97.2 Å². The second-order valence-corrected chi connectivity index (χ2v) is 18.9. The molecule has 0 unspecified atom stereocenters. The predicted molar refractivity (Wildman–Crippen MR) is 268 cm³/mol. The van der Waals surface area contributed by atoms with Gasteiger partial charge in [0.25, 0.3) is 0 Å². The third kappa shape index (κ3) is 9.27. The van der Waals surface area contributed by atoms with Crippen molar-refractivity contribution in [3.05, 3.63) is 178 Å². The maximum Gasteiger partial charge on any atom is 0.329 e. The number of rotatable bonds is 13. The van der Waals surface area contributed by atoms with Crippen LogP contribution in [0.4, 0.5) is 10.5 Å². The third-order valence-corrected chi connectivity index (χ3v) is 14.2. The lowest BCUT2D eigenvalue weighted by Gasteiger charge is -2.46. The van der Waals surface area contributed by atoms with E-state index < -0.39 is 83.4 Å². The highest BCUT2D eigenvalue weighted by molar-refractivity contribution is 6.25. The summed E-state index contributed by atoms with van der Waals surface area (Å²) in [6.07, 6.45) is 3.75. The monoisotopic (exact) mass is 970 g/mol. The van der Waals surface area contributed by atoms with Gasteiger partial charge in [0.05, 0.1) is 43.5 Å². The first kappa shape index (κ1) is 49.4. The van der Waals surface area contributed by atoms with Gasteiger partial charge in [0.2, 0.25) is 11.8 Å². The summed E-state index contributed by atoms with van der Waals surface area (Å²) in [5, 5.41) is 26.9. The fraction of sp³-hybridized carbons (Fsp3) is 0.328. The van der Waals surface area contributed by atoms with Crippen molar-refractivity contribution < 1.29 is 48.4 Å². The Hall–Kier alpha value is -7.57. The van der Waals surface area contributed by atoms with Gasteiger partial charge in [0.1, 0.15) is 36.0 Å². The average Bonchev–Trinajstić information content (AvgIpc) is 3.87. The number of allylic oxidation sites excluding steroid dienone is 2. The van der Waals surface area contributed by atoms with Gasteiger partial charge in [-0.25, -0.2) is 14.5 Å². The molecule has 4 aliphatic rings. The lowest BCUT2D eigenvalue weighted by atomic mass is 9.65. The second kappa shape index (κ2) is 21.4. The molecule has 370 valence electrons. The van der Waals surface area contributed by atoms with Crippen LogP contribution in [0, 0.1) is 23.7 Å². The molecule has 3 heterocycles. The number of ether oxygens (including phenoxy) is 3. The number of anilines is 1. The van der Waals surface area contributed by atoms with Gasteiger partial charge in [0, 0.05) is 12.1 Å². The van der Waals surface area contributed by atoms with Gasteiger partial charge in [-0.3, -0.25) is 19.3 Å². The Balaban J connectivity index is 1.33. The highest BCUT2D eigenvalue weighted by Crippen LogP contribution is 2.66. The van der Waals surface area contributed by atoms with Crippen molar-refractivity contribution >= 4 is 35.5 Å². The van der Waals surface area contributed by atoms with E-state index >= 15 is 19.2 Å². The number of urea groups is 1. The Kier molecular flexibility index (Phi) is 14.7. The Morgan fingerprint density at radius 2 is 1.51 bits per heavy atom. The summed E-state index contributed by atoms with van der Waals surface area (Å²) in [5.74, 6) is 1.83. The lowest BCUT2D eigenvalue weighted by Crippen LogP contribution is -2.58. The number of benzene rings is 5. The number of imide groups is 1. The maximum atomic E-state index is 16.7. The Morgan fingerprint density at radius 3 is 2.15 bits per heavy atom. The van der Waals surface area contributed by atoms with E-state index in [1.54, 1.807) is 80.6 Å². The molecule has 4 amide bonds. The molecule has 1 aliphatic carbocycles. The van der Waals surface area contributed by atoms with Crippen molar-refractivity contribution in [2.75, 3.05) is 31.8 Å². The summed E-state index contributed by atoms with van der Waals surface area (Å²) >= 11 is 0. The van der Waals surface area contributed by atoms with Gasteiger partial charge in [-0.05, 0) is 95.3 Å². The zero-order valence-corrected chi connectivity index (χ0v) is 40.4. The number of amides is 4. The minimum Gasteiger partial charge on any atom is -0.491 e. The van der Waals surface area contributed by atoms with Crippen LogP contribution in [0.15, 0.2) is 145 Å². The summed E-state index contributed by atoms with van der Waals surface area (Å²) < 4.78 is 17.5. The lowest BCUT2D eigenvalue weighted by molar-refractivity contribution is -0.178. The number of methoxy groups -OCH3 is 1.